The van der Waals surface area contributed by atoms with Crippen LogP contribution < -0.4 is 20.1 Å². The molecule has 0 saturated carbocycles. The molecule has 2 saturated heterocycles. The highest BCUT2D eigenvalue weighted by Crippen LogP contribution is 2.45. The molecule has 1 aliphatic carbocycles. The highest BCUT2D eigenvalue weighted by Gasteiger charge is 2.30. The molecule has 0 spiro atoms. The van der Waals surface area contributed by atoms with Crippen molar-refractivity contribution in [3.63, 3.8) is 0 Å². The van der Waals surface area contributed by atoms with Crippen LogP contribution in [0.2, 0.25) is 10.0 Å². The summed E-state index contributed by atoms with van der Waals surface area (Å²) < 4.78 is 18.3. The Morgan fingerprint density at radius 3 is 2.66 bits per heavy atom. The first kappa shape index (κ1) is 35.3. The van der Waals surface area contributed by atoms with E-state index in [2.05, 4.69) is 38.7 Å². The largest absolute Gasteiger partial charge is 0.481 e. The molecule has 4 heterocycles. The molecule has 5 aromatic rings. The highest BCUT2D eigenvalue weighted by molar-refractivity contribution is 6.36. The van der Waals surface area contributed by atoms with Crippen molar-refractivity contribution in [3.05, 3.63) is 92.5 Å². The lowest BCUT2D eigenvalue weighted by atomic mass is 9.95. The number of aliphatic hydroxyl groups excluding tert-OH is 1. The predicted octanol–water partition coefficient (Wildman–Crippen LogP) is 6.74. The van der Waals surface area contributed by atoms with Crippen LogP contribution in [0.5, 0.6) is 11.8 Å². The molecule has 11 nitrogen and oxygen atoms in total. The van der Waals surface area contributed by atoms with Gasteiger partial charge in [-0.1, -0.05) is 53.5 Å². The number of nitrogens with one attached hydrogen (secondary N) is 2. The van der Waals surface area contributed by atoms with Gasteiger partial charge in [-0.3, -0.25) is 9.69 Å². The molecule has 0 unspecified atom stereocenters. The lowest BCUT2D eigenvalue weighted by Crippen LogP contribution is -2.35. The fraction of sp³-hybridized carbons (Fsp3) is 0.350. The average molecular weight is 754 g/mol. The second-order valence-electron chi connectivity index (χ2n) is 13.9. The van der Waals surface area contributed by atoms with E-state index in [9.17, 15) is 15.2 Å². The number of nitrogens with zero attached hydrogens (tertiary/aromatic N) is 4. The van der Waals surface area contributed by atoms with E-state index in [1.165, 1.54) is 0 Å². The number of nitriles is 1. The predicted molar refractivity (Wildman–Crippen MR) is 201 cm³/mol. The number of oxazole rings is 1. The number of likely N-dealkylation sites (tertiary alicyclic amines) is 1. The molecular weight excluding hydrogens is 715 g/mol. The molecule has 1 amide bonds. The minimum absolute atomic E-state index is 0.0794. The summed E-state index contributed by atoms with van der Waals surface area (Å²) >= 11 is 13.9. The van der Waals surface area contributed by atoms with Gasteiger partial charge in [0.15, 0.2) is 5.58 Å². The Morgan fingerprint density at radius 2 is 1.89 bits per heavy atom. The number of ether oxygens (including phenoxy) is 2. The average Bonchev–Trinajstić information content (AvgIpc) is 3.96. The SMILES string of the molecule is COc1nc(O[C@@H]2CCc3c(-c4cccc(-c5nc6cc(CNC[C@@H]7CCC(=O)N7)cc(C#N)c6o5)c4Cl)cccc32)c(Cl)cc1CN1CC[C@@H](O)C1. The number of hydrogen-bond donors (Lipinski definition) is 3. The van der Waals surface area contributed by atoms with Gasteiger partial charge in [0, 0.05) is 56.3 Å². The monoisotopic (exact) mass is 752 g/mol. The summed E-state index contributed by atoms with van der Waals surface area (Å²) in [5.41, 5.74) is 7.70. The number of benzene rings is 3. The summed E-state index contributed by atoms with van der Waals surface area (Å²) in [7, 11) is 1.58. The third-order valence-corrected chi connectivity index (χ3v) is 11.0. The molecule has 3 atom stereocenters. The Hall–Kier alpha value is -4.70. The van der Waals surface area contributed by atoms with Crippen LogP contribution in [0.4, 0.5) is 0 Å². The first-order valence-electron chi connectivity index (χ1n) is 17.8. The van der Waals surface area contributed by atoms with E-state index in [-0.39, 0.29) is 24.2 Å². The van der Waals surface area contributed by atoms with Gasteiger partial charge < -0.3 is 29.6 Å². The maximum atomic E-state index is 11.5. The lowest BCUT2D eigenvalue weighted by molar-refractivity contribution is -0.119. The van der Waals surface area contributed by atoms with Gasteiger partial charge in [-0.25, -0.2) is 4.98 Å². The zero-order chi connectivity index (χ0) is 36.6. The van der Waals surface area contributed by atoms with Gasteiger partial charge in [0.05, 0.1) is 29.4 Å². The minimum Gasteiger partial charge on any atom is -0.481 e. The third-order valence-electron chi connectivity index (χ3n) is 10.3. The van der Waals surface area contributed by atoms with Crippen molar-refractivity contribution in [2.24, 2.45) is 0 Å². The van der Waals surface area contributed by atoms with Crippen LogP contribution in [0.25, 0.3) is 33.7 Å². The number of aromatic nitrogens is 2. The standard InChI is InChI=1S/C40H38Cl2N6O5/c1-51-38-24(20-48-13-12-26(49)21-48)16-32(41)40(47-38)52-34-10-9-28-27(4-2-5-29(28)34)30-6-3-7-31(36(30)42)39-46-33-15-22(14-23(17-43)37(33)53-39)18-44-19-25-8-11-35(50)45-25/h2-7,14-16,25-26,34,44,49H,8-13,18-21H2,1H3,(H,45,50)/t25-,26+,34+/m0/s1. The molecule has 272 valence electrons. The Bertz CT molecular complexity index is 2250. The van der Waals surface area contributed by atoms with Crippen LogP contribution in [0.3, 0.4) is 0 Å². The van der Waals surface area contributed by atoms with E-state index in [1.54, 1.807) is 13.2 Å². The fourth-order valence-electron chi connectivity index (χ4n) is 7.71. The molecule has 0 radical (unpaired) electrons. The van der Waals surface area contributed by atoms with Crippen molar-refractivity contribution in [2.45, 2.75) is 63.4 Å². The number of carbonyl (C=O) groups is 1. The number of hydrogen-bond acceptors (Lipinski definition) is 10. The quantitative estimate of drug-likeness (QED) is 0.133. The third kappa shape index (κ3) is 7.18. The van der Waals surface area contributed by atoms with Crippen LogP contribution in [0.1, 0.15) is 59.6 Å². The molecule has 3 aromatic carbocycles. The van der Waals surface area contributed by atoms with Gasteiger partial charge in [-0.2, -0.15) is 10.2 Å². The number of methoxy groups -OCH3 is 1. The minimum atomic E-state index is -0.321. The number of amides is 1. The summed E-state index contributed by atoms with van der Waals surface area (Å²) in [6, 6.07) is 19.8. The van der Waals surface area contributed by atoms with Crippen LogP contribution in [-0.4, -0.2) is 64.8 Å². The van der Waals surface area contributed by atoms with E-state index in [0.29, 0.717) is 82.5 Å². The number of carbonyl (C=O) groups excluding carboxylic acids is 1. The van der Waals surface area contributed by atoms with Crippen molar-refractivity contribution in [1.82, 2.24) is 25.5 Å². The molecule has 3 N–H and O–H groups in total. The molecule has 0 bridgehead atoms. The van der Waals surface area contributed by atoms with Gasteiger partial charge in [0.25, 0.3) is 0 Å². The second-order valence-corrected chi connectivity index (χ2v) is 14.6. The van der Waals surface area contributed by atoms with E-state index in [4.69, 9.17) is 42.1 Å². The Kier molecular flexibility index (Phi) is 9.98. The van der Waals surface area contributed by atoms with Gasteiger partial charge >= 0.3 is 0 Å². The van der Waals surface area contributed by atoms with E-state index in [1.807, 2.05) is 36.4 Å². The Balaban J connectivity index is 1.03. The summed E-state index contributed by atoms with van der Waals surface area (Å²) in [6.07, 6.45) is 3.00. The molecule has 2 fully saturated rings. The van der Waals surface area contributed by atoms with Crippen LogP contribution in [-0.2, 0) is 24.3 Å². The Labute approximate surface area is 316 Å². The number of pyridine rings is 1. The van der Waals surface area contributed by atoms with Crippen LogP contribution in [0, 0.1) is 11.3 Å². The molecule has 2 aromatic heterocycles. The van der Waals surface area contributed by atoms with Crippen molar-refractivity contribution < 1.29 is 23.8 Å². The van der Waals surface area contributed by atoms with E-state index >= 15 is 0 Å². The number of fused-ring (bicyclic) bond motifs is 2. The van der Waals surface area contributed by atoms with Crippen molar-refractivity contribution >= 4 is 40.2 Å². The van der Waals surface area contributed by atoms with Crippen molar-refractivity contribution in [3.8, 4) is 40.4 Å². The van der Waals surface area contributed by atoms with Gasteiger partial charge in [-0.05, 0) is 72.2 Å². The number of aliphatic hydroxyl groups is 1. The van der Waals surface area contributed by atoms with Crippen molar-refractivity contribution in [1.29, 1.82) is 5.26 Å². The number of β-amino-alcohol motifs (C(OH)–C–C–N with tert-alkyl or cyclic N) is 1. The van der Waals surface area contributed by atoms with E-state index < -0.39 is 0 Å². The topological polar surface area (TPSA) is 146 Å². The maximum absolute atomic E-state index is 11.5. The normalized spacial score (nSPS) is 19.8. The zero-order valence-corrected chi connectivity index (χ0v) is 30.6. The molecule has 3 aliphatic rings. The summed E-state index contributed by atoms with van der Waals surface area (Å²) in [5, 5.41) is 27.1. The molecule has 13 heteroatoms. The number of halogens is 2. The first-order valence-corrected chi connectivity index (χ1v) is 18.6. The summed E-state index contributed by atoms with van der Waals surface area (Å²) in [4.78, 5) is 23.1. The molecule has 8 rings (SSSR count). The second kappa shape index (κ2) is 15.0. The van der Waals surface area contributed by atoms with E-state index in [0.717, 1.165) is 65.6 Å². The molecule has 2 aliphatic heterocycles. The van der Waals surface area contributed by atoms with Gasteiger partial charge in [-0.15, -0.1) is 0 Å². The van der Waals surface area contributed by atoms with Crippen molar-refractivity contribution in [2.75, 3.05) is 26.7 Å². The van der Waals surface area contributed by atoms with Gasteiger partial charge in [0.1, 0.15) is 22.7 Å². The smallest absolute Gasteiger partial charge is 0.236 e. The van der Waals surface area contributed by atoms with Crippen LogP contribution >= 0.6 is 23.2 Å². The first-order chi connectivity index (χ1) is 25.8. The molecule has 53 heavy (non-hydrogen) atoms. The Morgan fingerprint density at radius 1 is 1.06 bits per heavy atom. The zero-order valence-electron chi connectivity index (χ0n) is 29.1. The van der Waals surface area contributed by atoms with Gasteiger partial charge in [0.2, 0.25) is 23.6 Å². The number of rotatable bonds is 11. The maximum Gasteiger partial charge on any atom is 0.236 e. The fourth-order valence-corrected chi connectivity index (χ4v) is 8.23. The molecular formula is C40H38Cl2N6O5. The highest BCUT2D eigenvalue weighted by atomic mass is 35.5. The van der Waals surface area contributed by atoms with Crippen LogP contribution in [0.15, 0.2) is 59.0 Å². The lowest BCUT2D eigenvalue weighted by Gasteiger charge is -2.20. The summed E-state index contributed by atoms with van der Waals surface area (Å²) in [6.45, 7) is 3.15. The summed E-state index contributed by atoms with van der Waals surface area (Å²) in [5.74, 6) is 1.17.